The molecule has 0 fully saturated rings. The number of non-ortho nitro benzene ring substituents is 1. The number of halogens is 2. The number of nitro benzene ring substituents is 1. The van der Waals surface area contributed by atoms with E-state index in [2.05, 4.69) is 0 Å². The second-order valence-corrected chi connectivity index (χ2v) is 4.85. The first kappa shape index (κ1) is 15.2. The first-order chi connectivity index (χ1) is 9.88. The Bertz CT molecular complexity index is 692. The fourth-order valence-electron chi connectivity index (χ4n) is 1.77. The SMILES string of the molecule is C[C@H](N)c1cc(F)ccc1Oc1cc([N+](=O)[O-])ccc1Cl. The van der Waals surface area contributed by atoms with Crippen LogP contribution in [0.1, 0.15) is 18.5 Å². The Morgan fingerprint density at radius 1 is 1.29 bits per heavy atom. The van der Waals surface area contributed by atoms with E-state index < -0.39 is 16.8 Å². The van der Waals surface area contributed by atoms with Crippen molar-refractivity contribution in [3.63, 3.8) is 0 Å². The predicted molar refractivity (Wildman–Crippen MR) is 77.2 cm³/mol. The minimum absolute atomic E-state index is 0.111. The molecule has 2 aromatic carbocycles. The molecule has 0 amide bonds. The third kappa shape index (κ3) is 3.48. The number of nitrogens with two attached hydrogens (primary N) is 1. The van der Waals surface area contributed by atoms with E-state index in [0.29, 0.717) is 11.3 Å². The molecule has 2 N–H and O–H groups in total. The molecule has 0 bridgehead atoms. The summed E-state index contributed by atoms with van der Waals surface area (Å²) >= 11 is 5.96. The molecule has 1 atom stereocenters. The number of hydrogen-bond acceptors (Lipinski definition) is 4. The van der Waals surface area contributed by atoms with Crippen molar-refractivity contribution in [1.82, 2.24) is 0 Å². The van der Waals surface area contributed by atoms with Crippen LogP contribution in [0.3, 0.4) is 0 Å². The van der Waals surface area contributed by atoms with E-state index in [9.17, 15) is 14.5 Å². The lowest BCUT2D eigenvalue weighted by molar-refractivity contribution is -0.384. The van der Waals surface area contributed by atoms with Gasteiger partial charge in [0.15, 0.2) is 5.75 Å². The number of nitro groups is 1. The fourth-order valence-corrected chi connectivity index (χ4v) is 1.93. The Morgan fingerprint density at radius 3 is 2.62 bits per heavy atom. The summed E-state index contributed by atoms with van der Waals surface area (Å²) in [5, 5.41) is 11.0. The highest BCUT2D eigenvalue weighted by atomic mass is 35.5. The summed E-state index contributed by atoms with van der Waals surface area (Å²) in [7, 11) is 0. The molecule has 0 aromatic heterocycles. The van der Waals surface area contributed by atoms with Crippen LogP contribution in [0.4, 0.5) is 10.1 Å². The minimum Gasteiger partial charge on any atom is -0.455 e. The predicted octanol–water partition coefficient (Wildman–Crippen LogP) is 4.20. The molecule has 0 radical (unpaired) electrons. The molecule has 7 heteroatoms. The number of nitrogens with zero attached hydrogens (tertiary/aromatic N) is 1. The molecule has 0 spiro atoms. The van der Waals surface area contributed by atoms with Gasteiger partial charge in [0.2, 0.25) is 0 Å². The quantitative estimate of drug-likeness (QED) is 0.678. The summed E-state index contributed by atoms with van der Waals surface area (Å²) in [6.45, 7) is 1.68. The van der Waals surface area contributed by atoms with E-state index >= 15 is 0 Å². The number of ether oxygens (including phenoxy) is 1. The first-order valence-electron chi connectivity index (χ1n) is 6.05. The van der Waals surface area contributed by atoms with Crippen molar-refractivity contribution >= 4 is 17.3 Å². The van der Waals surface area contributed by atoms with Gasteiger partial charge in [-0.3, -0.25) is 10.1 Å². The minimum atomic E-state index is -0.555. The zero-order valence-corrected chi connectivity index (χ0v) is 11.8. The molecule has 2 rings (SSSR count). The highest BCUT2D eigenvalue weighted by Crippen LogP contribution is 2.35. The zero-order valence-electron chi connectivity index (χ0n) is 11.0. The lowest BCUT2D eigenvalue weighted by Crippen LogP contribution is -2.07. The highest BCUT2D eigenvalue weighted by Gasteiger charge is 2.15. The Labute approximate surface area is 125 Å². The molecular weight excluding hydrogens is 299 g/mol. The van der Waals surface area contributed by atoms with Crippen molar-refractivity contribution in [3.05, 3.63) is 62.9 Å². The maximum Gasteiger partial charge on any atom is 0.273 e. The summed E-state index contributed by atoms with van der Waals surface area (Å²) < 4.78 is 18.8. The fraction of sp³-hybridized carbons (Fsp3) is 0.143. The molecule has 110 valence electrons. The molecule has 5 nitrogen and oxygen atoms in total. The van der Waals surface area contributed by atoms with Crippen LogP contribution >= 0.6 is 11.6 Å². The van der Waals surface area contributed by atoms with Crippen LogP contribution < -0.4 is 10.5 Å². The van der Waals surface area contributed by atoms with Gasteiger partial charge < -0.3 is 10.5 Å². The largest absolute Gasteiger partial charge is 0.455 e. The van der Waals surface area contributed by atoms with Gasteiger partial charge in [0, 0.05) is 17.7 Å². The molecule has 2 aromatic rings. The van der Waals surface area contributed by atoms with Crippen molar-refractivity contribution in [2.24, 2.45) is 5.73 Å². The zero-order chi connectivity index (χ0) is 15.6. The second kappa shape index (κ2) is 6.07. The number of hydrogen-bond donors (Lipinski definition) is 1. The number of benzene rings is 2. The molecule has 0 aliphatic heterocycles. The monoisotopic (exact) mass is 310 g/mol. The van der Waals surface area contributed by atoms with Crippen molar-refractivity contribution in [2.45, 2.75) is 13.0 Å². The average molecular weight is 311 g/mol. The first-order valence-corrected chi connectivity index (χ1v) is 6.43. The average Bonchev–Trinajstić information content (AvgIpc) is 2.42. The van der Waals surface area contributed by atoms with Gasteiger partial charge >= 0.3 is 0 Å². The van der Waals surface area contributed by atoms with Gasteiger partial charge in [-0.25, -0.2) is 4.39 Å². The van der Waals surface area contributed by atoms with Crippen LogP contribution in [0.15, 0.2) is 36.4 Å². The van der Waals surface area contributed by atoms with Crippen molar-refractivity contribution < 1.29 is 14.1 Å². The Balaban J connectivity index is 2.43. The molecule has 0 aliphatic carbocycles. The molecule has 21 heavy (non-hydrogen) atoms. The standard InChI is InChI=1S/C14H12ClFN2O3/c1-8(17)11-6-9(16)2-5-13(11)21-14-7-10(18(19)20)3-4-12(14)15/h2-8H,17H2,1H3/t8-/m0/s1. The third-order valence-electron chi connectivity index (χ3n) is 2.81. The van der Waals surface area contributed by atoms with Crippen molar-refractivity contribution in [1.29, 1.82) is 0 Å². The molecule has 0 aliphatic rings. The van der Waals surface area contributed by atoms with E-state index in [4.69, 9.17) is 22.1 Å². The van der Waals surface area contributed by atoms with Crippen LogP contribution in [0.25, 0.3) is 0 Å². The highest BCUT2D eigenvalue weighted by molar-refractivity contribution is 6.32. The van der Waals surface area contributed by atoms with E-state index in [0.717, 1.165) is 0 Å². The van der Waals surface area contributed by atoms with Crippen LogP contribution in [0.2, 0.25) is 5.02 Å². The van der Waals surface area contributed by atoms with Gasteiger partial charge in [0.25, 0.3) is 5.69 Å². The van der Waals surface area contributed by atoms with Gasteiger partial charge in [-0.05, 0) is 31.2 Å². The second-order valence-electron chi connectivity index (χ2n) is 4.44. The normalized spacial score (nSPS) is 12.0. The summed E-state index contributed by atoms with van der Waals surface area (Å²) in [6.07, 6.45) is 0. The summed E-state index contributed by atoms with van der Waals surface area (Å²) in [5.41, 5.74) is 6.05. The molecule has 0 unspecified atom stereocenters. The van der Waals surface area contributed by atoms with E-state index in [1.54, 1.807) is 6.92 Å². The maximum absolute atomic E-state index is 13.3. The Hall–Kier alpha value is -2.18. The van der Waals surface area contributed by atoms with Crippen molar-refractivity contribution in [3.8, 4) is 11.5 Å². The summed E-state index contributed by atoms with van der Waals surface area (Å²) in [5.74, 6) is -0.0343. The van der Waals surface area contributed by atoms with E-state index in [1.807, 2.05) is 0 Å². The van der Waals surface area contributed by atoms with Gasteiger partial charge in [-0.1, -0.05) is 11.6 Å². The Kier molecular flexibility index (Phi) is 4.40. The maximum atomic E-state index is 13.3. The van der Waals surface area contributed by atoms with Gasteiger partial charge in [0.05, 0.1) is 16.0 Å². The topological polar surface area (TPSA) is 78.4 Å². The Morgan fingerprint density at radius 2 is 2.00 bits per heavy atom. The van der Waals surface area contributed by atoms with E-state index in [-0.39, 0.29) is 16.5 Å². The van der Waals surface area contributed by atoms with Crippen LogP contribution in [-0.4, -0.2) is 4.92 Å². The molecular formula is C14H12ClFN2O3. The van der Waals surface area contributed by atoms with Gasteiger partial charge in [-0.2, -0.15) is 0 Å². The smallest absolute Gasteiger partial charge is 0.273 e. The van der Waals surface area contributed by atoms with Gasteiger partial charge in [0.1, 0.15) is 11.6 Å². The van der Waals surface area contributed by atoms with Crippen LogP contribution in [-0.2, 0) is 0 Å². The van der Waals surface area contributed by atoms with Crippen LogP contribution in [0, 0.1) is 15.9 Å². The van der Waals surface area contributed by atoms with Crippen LogP contribution in [0.5, 0.6) is 11.5 Å². The third-order valence-corrected chi connectivity index (χ3v) is 3.12. The number of rotatable bonds is 4. The summed E-state index contributed by atoms with van der Waals surface area (Å²) in [6, 6.07) is 7.25. The van der Waals surface area contributed by atoms with Crippen molar-refractivity contribution in [2.75, 3.05) is 0 Å². The molecule has 0 saturated carbocycles. The lowest BCUT2D eigenvalue weighted by atomic mass is 10.1. The summed E-state index contributed by atoms with van der Waals surface area (Å²) in [4.78, 5) is 10.2. The molecule has 0 saturated heterocycles. The molecule has 0 heterocycles. The van der Waals surface area contributed by atoms with Gasteiger partial charge in [-0.15, -0.1) is 0 Å². The lowest BCUT2D eigenvalue weighted by Gasteiger charge is -2.14. The van der Waals surface area contributed by atoms with E-state index in [1.165, 1.54) is 36.4 Å².